The molecule has 1 N–H and O–H groups in total. The van der Waals surface area contributed by atoms with Crippen LogP contribution >= 0.6 is 0 Å². The number of aromatic amines is 1. The van der Waals surface area contributed by atoms with Gasteiger partial charge in [0.2, 0.25) is 5.56 Å². The fourth-order valence-electron chi connectivity index (χ4n) is 3.38. The topological polar surface area (TPSA) is 104 Å². The lowest BCUT2D eigenvalue weighted by molar-refractivity contribution is -0.143. The SMILES string of the molecule is COc1cc2cc(COC(C)=O)c(COC(C)=O)c(-c3cccc(=O)[nH]3)c2cc1OC. The van der Waals surface area contributed by atoms with Gasteiger partial charge in [0.25, 0.3) is 0 Å². The number of hydrogen-bond acceptors (Lipinski definition) is 7. The molecule has 0 aliphatic carbocycles. The van der Waals surface area contributed by atoms with Crippen molar-refractivity contribution in [2.24, 2.45) is 0 Å². The van der Waals surface area contributed by atoms with E-state index in [0.29, 0.717) is 33.9 Å². The van der Waals surface area contributed by atoms with E-state index < -0.39 is 11.9 Å². The van der Waals surface area contributed by atoms with Crippen LogP contribution in [0.1, 0.15) is 25.0 Å². The summed E-state index contributed by atoms with van der Waals surface area (Å²) in [5.74, 6) is 0.119. The monoisotopic (exact) mass is 425 g/mol. The van der Waals surface area contributed by atoms with Crippen LogP contribution in [0, 0.1) is 0 Å². The Morgan fingerprint density at radius 2 is 1.55 bits per heavy atom. The van der Waals surface area contributed by atoms with E-state index in [1.165, 1.54) is 34.1 Å². The Morgan fingerprint density at radius 3 is 2.16 bits per heavy atom. The predicted molar refractivity (Wildman–Crippen MR) is 114 cm³/mol. The van der Waals surface area contributed by atoms with E-state index in [2.05, 4.69) is 4.98 Å². The van der Waals surface area contributed by atoms with E-state index in [1.807, 2.05) is 6.07 Å². The fourth-order valence-corrected chi connectivity index (χ4v) is 3.38. The van der Waals surface area contributed by atoms with Crippen LogP contribution in [0.4, 0.5) is 0 Å². The number of carbonyl (C=O) groups is 2. The Kier molecular flexibility index (Phi) is 6.59. The number of fused-ring (bicyclic) bond motifs is 1. The second-order valence-corrected chi connectivity index (χ2v) is 6.81. The number of ether oxygens (including phenoxy) is 4. The molecule has 0 aliphatic rings. The van der Waals surface area contributed by atoms with Crippen molar-refractivity contribution < 1.29 is 28.5 Å². The first-order chi connectivity index (χ1) is 14.8. The Labute approximate surface area is 178 Å². The molecular weight excluding hydrogens is 402 g/mol. The Hall–Kier alpha value is -3.81. The molecule has 0 atom stereocenters. The molecule has 0 spiro atoms. The number of methoxy groups -OCH3 is 2. The van der Waals surface area contributed by atoms with Gasteiger partial charge in [-0.15, -0.1) is 0 Å². The number of esters is 2. The summed E-state index contributed by atoms with van der Waals surface area (Å²) in [7, 11) is 3.07. The highest BCUT2D eigenvalue weighted by Gasteiger charge is 2.20. The lowest BCUT2D eigenvalue weighted by atomic mass is 9.91. The third kappa shape index (κ3) is 4.85. The summed E-state index contributed by atoms with van der Waals surface area (Å²) < 4.78 is 21.4. The average molecular weight is 425 g/mol. The quantitative estimate of drug-likeness (QED) is 0.579. The van der Waals surface area contributed by atoms with Crippen LogP contribution in [0.2, 0.25) is 0 Å². The third-order valence-electron chi connectivity index (χ3n) is 4.73. The second kappa shape index (κ2) is 9.34. The fraction of sp³-hybridized carbons (Fsp3) is 0.261. The van der Waals surface area contributed by atoms with Crippen LogP contribution < -0.4 is 15.0 Å². The van der Waals surface area contributed by atoms with Gasteiger partial charge >= 0.3 is 11.9 Å². The van der Waals surface area contributed by atoms with Gasteiger partial charge in [0.05, 0.1) is 14.2 Å². The van der Waals surface area contributed by atoms with Gasteiger partial charge in [0.15, 0.2) is 11.5 Å². The normalized spacial score (nSPS) is 10.6. The van der Waals surface area contributed by atoms with E-state index in [-0.39, 0.29) is 18.8 Å². The lowest BCUT2D eigenvalue weighted by Gasteiger charge is -2.19. The number of aromatic nitrogens is 1. The minimum atomic E-state index is -0.460. The number of rotatable bonds is 7. The standard InChI is InChI=1S/C23H23NO7/c1-13(25)30-11-16-8-15-9-20(28-3)21(29-4)10-17(15)23(18(16)12-31-14(2)26)19-6-5-7-22(27)24-19/h5-10H,11-12H2,1-4H3,(H,24,27). The Balaban J connectivity index is 2.39. The minimum Gasteiger partial charge on any atom is -0.493 e. The zero-order valence-corrected chi connectivity index (χ0v) is 17.7. The molecule has 0 saturated carbocycles. The minimum absolute atomic E-state index is 0.0275. The molecule has 0 fully saturated rings. The van der Waals surface area contributed by atoms with Crippen molar-refractivity contribution in [2.45, 2.75) is 27.1 Å². The van der Waals surface area contributed by atoms with Crippen molar-refractivity contribution in [2.75, 3.05) is 14.2 Å². The first-order valence-electron chi connectivity index (χ1n) is 9.51. The molecular formula is C23H23NO7. The molecule has 31 heavy (non-hydrogen) atoms. The number of benzene rings is 2. The van der Waals surface area contributed by atoms with Crippen molar-refractivity contribution in [1.29, 1.82) is 0 Å². The van der Waals surface area contributed by atoms with Gasteiger partial charge in [-0.1, -0.05) is 6.07 Å². The number of nitrogens with one attached hydrogen (secondary N) is 1. The maximum Gasteiger partial charge on any atom is 0.302 e. The van der Waals surface area contributed by atoms with Gasteiger partial charge in [-0.25, -0.2) is 0 Å². The summed E-state index contributed by atoms with van der Waals surface area (Å²) in [5, 5.41) is 1.51. The first kappa shape index (κ1) is 21.9. The molecule has 0 amide bonds. The third-order valence-corrected chi connectivity index (χ3v) is 4.73. The molecule has 0 aliphatic heterocycles. The van der Waals surface area contributed by atoms with Crippen LogP contribution in [0.25, 0.3) is 22.0 Å². The van der Waals surface area contributed by atoms with Crippen molar-refractivity contribution in [3.8, 4) is 22.8 Å². The predicted octanol–water partition coefficient (Wildman–Crippen LogP) is 3.34. The van der Waals surface area contributed by atoms with Crippen LogP contribution in [-0.2, 0) is 32.3 Å². The number of H-pyrrole nitrogens is 1. The average Bonchev–Trinajstić information content (AvgIpc) is 2.74. The van der Waals surface area contributed by atoms with Gasteiger partial charge < -0.3 is 23.9 Å². The second-order valence-electron chi connectivity index (χ2n) is 6.81. The maximum absolute atomic E-state index is 12.0. The molecule has 3 aromatic rings. The number of carbonyl (C=O) groups excluding carboxylic acids is 2. The molecule has 0 unspecified atom stereocenters. The highest BCUT2D eigenvalue weighted by atomic mass is 16.5. The molecule has 1 heterocycles. The van der Waals surface area contributed by atoms with Crippen LogP contribution in [-0.4, -0.2) is 31.1 Å². The molecule has 2 aromatic carbocycles. The summed E-state index contributed by atoms with van der Waals surface area (Å²) in [5.41, 5.74) is 2.12. The lowest BCUT2D eigenvalue weighted by Crippen LogP contribution is -2.10. The summed E-state index contributed by atoms with van der Waals surface area (Å²) in [4.78, 5) is 37.9. The Bertz CT molecular complexity index is 1200. The van der Waals surface area contributed by atoms with E-state index in [4.69, 9.17) is 18.9 Å². The van der Waals surface area contributed by atoms with E-state index >= 15 is 0 Å². The van der Waals surface area contributed by atoms with E-state index in [0.717, 1.165) is 10.8 Å². The number of pyridine rings is 1. The van der Waals surface area contributed by atoms with E-state index in [9.17, 15) is 14.4 Å². The van der Waals surface area contributed by atoms with Gasteiger partial charge in [-0.2, -0.15) is 0 Å². The Morgan fingerprint density at radius 1 is 0.903 bits per heavy atom. The van der Waals surface area contributed by atoms with Crippen molar-refractivity contribution in [3.63, 3.8) is 0 Å². The van der Waals surface area contributed by atoms with Crippen LogP contribution in [0.5, 0.6) is 11.5 Å². The smallest absolute Gasteiger partial charge is 0.302 e. The summed E-state index contributed by atoms with van der Waals surface area (Å²) in [6, 6.07) is 10.2. The van der Waals surface area contributed by atoms with Crippen molar-refractivity contribution >= 4 is 22.7 Å². The summed E-state index contributed by atoms with van der Waals surface area (Å²) >= 11 is 0. The molecule has 8 heteroatoms. The molecule has 1 aromatic heterocycles. The van der Waals surface area contributed by atoms with Crippen LogP contribution in [0.15, 0.2) is 41.2 Å². The van der Waals surface area contributed by atoms with Gasteiger partial charge in [-0.05, 0) is 40.6 Å². The number of hydrogen-bond donors (Lipinski definition) is 1. The summed E-state index contributed by atoms with van der Waals surface area (Å²) in [6.07, 6.45) is 0. The largest absolute Gasteiger partial charge is 0.493 e. The maximum atomic E-state index is 12.0. The molecule has 0 saturated heterocycles. The molecule has 8 nitrogen and oxygen atoms in total. The zero-order valence-electron chi connectivity index (χ0n) is 17.7. The molecule has 162 valence electrons. The molecule has 0 radical (unpaired) electrons. The van der Waals surface area contributed by atoms with E-state index in [1.54, 1.807) is 24.3 Å². The highest BCUT2D eigenvalue weighted by Crippen LogP contribution is 2.40. The summed E-state index contributed by atoms with van der Waals surface area (Å²) in [6.45, 7) is 2.53. The van der Waals surface area contributed by atoms with Gasteiger partial charge in [0, 0.05) is 36.7 Å². The van der Waals surface area contributed by atoms with Crippen molar-refractivity contribution in [3.05, 3.63) is 57.9 Å². The first-order valence-corrected chi connectivity index (χ1v) is 9.51. The van der Waals surface area contributed by atoms with Crippen LogP contribution in [0.3, 0.4) is 0 Å². The highest BCUT2D eigenvalue weighted by molar-refractivity contribution is 6.00. The molecule has 3 rings (SSSR count). The van der Waals surface area contributed by atoms with Crippen molar-refractivity contribution in [1.82, 2.24) is 4.98 Å². The van der Waals surface area contributed by atoms with Gasteiger partial charge in [0.1, 0.15) is 13.2 Å². The van der Waals surface area contributed by atoms with Gasteiger partial charge in [-0.3, -0.25) is 14.4 Å². The zero-order chi connectivity index (χ0) is 22.5. The molecule has 0 bridgehead atoms.